The molecule has 0 bridgehead atoms. The zero-order chi connectivity index (χ0) is 12.8. The van der Waals surface area contributed by atoms with Crippen molar-refractivity contribution < 1.29 is 9.53 Å². The van der Waals surface area contributed by atoms with Crippen LogP contribution in [0.2, 0.25) is 0 Å². The van der Waals surface area contributed by atoms with Gasteiger partial charge in [0.15, 0.2) is 0 Å². The average molecular weight is 249 g/mol. The number of nitrogens with zero attached hydrogens (tertiary/aromatic N) is 2. The molecule has 1 aliphatic heterocycles. The summed E-state index contributed by atoms with van der Waals surface area (Å²) in [5.41, 5.74) is 1.09. The maximum absolute atomic E-state index is 12.1. The van der Waals surface area contributed by atoms with E-state index in [1.807, 2.05) is 19.1 Å². The minimum Gasteiger partial charge on any atom is -0.379 e. The van der Waals surface area contributed by atoms with Gasteiger partial charge in [0.2, 0.25) is 0 Å². The van der Waals surface area contributed by atoms with Crippen molar-refractivity contribution in [3.8, 4) is 0 Å². The first-order chi connectivity index (χ1) is 8.79. The van der Waals surface area contributed by atoms with E-state index in [-0.39, 0.29) is 12.1 Å². The topological polar surface area (TPSA) is 54.5 Å². The van der Waals surface area contributed by atoms with Gasteiger partial charge in [0.1, 0.15) is 0 Å². The summed E-state index contributed by atoms with van der Waals surface area (Å²) >= 11 is 0. The van der Waals surface area contributed by atoms with Crippen LogP contribution >= 0.6 is 0 Å². The molecule has 18 heavy (non-hydrogen) atoms. The van der Waals surface area contributed by atoms with Crippen molar-refractivity contribution in [1.82, 2.24) is 15.2 Å². The lowest BCUT2D eigenvalue weighted by atomic mass is 10.2. The Bertz CT molecular complexity index is 377. The number of carbonyl (C=O) groups excluding carboxylic acids is 1. The van der Waals surface area contributed by atoms with E-state index in [0.29, 0.717) is 19.7 Å². The molecule has 1 aliphatic rings. The van der Waals surface area contributed by atoms with Crippen LogP contribution in [0.3, 0.4) is 0 Å². The highest BCUT2D eigenvalue weighted by Gasteiger charge is 2.20. The fraction of sp³-hybridized carbons (Fsp3) is 0.538. The highest BCUT2D eigenvalue weighted by molar-refractivity contribution is 5.74. The van der Waals surface area contributed by atoms with Crippen molar-refractivity contribution in [2.24, 2.45) is 0 Å². The molecule has 1 saturated heterocycles. The monoisotopic (exact) mass is 249 g/mol. The average Bonchev–Trinajstić information content (AvgIpc) is 2.90. The molecule has 2 amide bonds. The minimum atomic E-state index is -0.0233. The summed E-state index contributed by atoms with van der Waals surface area (Å²) in [5.74, 6) is 0. The van der Waals surface area contributed by atoms with Gasteiger partial charge in [-0.2, -0.15) is 0 Å². The van der Waals surface area contributed by atoms with E-state index in [1.54, 1.807) is 17.3 Å². The molecule has 1 fully saturated rings. The molecule has 0 aromatic carbocycles. The summed E-state index contributed by atoms with van der Waals surface area (Å²) in [6.45, 7) is 4.63. The van der Waals surface area contributed by atoms with E-state index in [2.05, 4.69) is 10.3 Å². The van der Waals surface area contributed by atoms with Gasteiger partial charge >= 0.3 is 6.03 Å². The summed E-state index contributed by atoms with van der Waals surface area (Å²) in [7, 11) is 0. The van der Waals surface area contributed by atoms with E-state index in [4.69, 9.17) is 4.74 Å². The number of hydrogen-bond donors (Lipinski definition) is 1. The van der Waals surface area contributed by atoms with Crippen LogP contribution in [0.4, 0.5) is 4.79 Å². The molecule has 5 nitrogen and oxygen atoms in total. The maximum Gasteiger partial charge on any atom is 0.317 e. The summed E-state index contributed by atoms with van der Waals surface area (Å²) in [6, 6.07) is 3.98. The molecule has 5 heteroatoms. The number of rotatable bonds is 4. The van der Waals surface area contributed by atoms with Gasteiger partial charge in [-0.05, 0) is 31.0 Å². The third kappa shape index (κ3) is 3.43. The molecule has 98 valence electrons. The second-order valence-electron chi connectivity index (χ2n) is 4.38. The Morgan fingerprint density at radius 1 is 1.56 bits per heavy atom. The van der Waals surface area contributed by atoms with Gasteiger partial charge in [0.25, 0.3) is 0 Å². The van der Waals surface area contributed by atoms with Crippen molar-refractivity contribution >= 4 is 6.03 Å². The number of carbonyl (C=O) groups is 1. The van der Waals surface area contributed by atoms with Gasteiger partial charge in [0, 0.05) is 32.1 Å². The lowest BCUT2D eigenvalue weighted by Crippen LogP contribution is -2.44. The highest BCUT2D eigenvalue weighted by Crippen LogP contribution is 2.07. The van der Waals surface area contributed by atoms with E-state index >= 15 is 0 Å². The van der Waals surface area contributed by atoms with Gasteiger partial charge in [-0.3, -0.25) is 4.98 Å². The zero-order valence-electron chi connectivity index (χ0n) is 10.6. The predicted octanol–water partition coefficient (Wildman–Crippen LogP) is 1.40. The molecule has 0 aliphatic carbocycles. The SMILES string of the molecule is CCN(Cc1ccncc1)C(=O)NC1CCOC1. The van der Waals surface area contributed by atoms with Crippen LogP contribution in [0, 0.1) is 0 Å². The summed E-state index contributed by atoms with van der Waals surface area (Å²) < 4.78 is 5.25. The lowest BCUT2D eigenvalue weighted by Gasteiger charge is -2.23. The molecule has 0 spiro atoms. The quantitative estimate of drug-likeness (QED) is 0.877. The van der Waals surface area contributed by atoms with Crippen LogP contribution < -0.4 is 5.32 Å². The molecule has 1 unspecified atom stereocenters. The van der Waals surface area contributed by atoms with Crippen molar-refractivity contribution in [3.05, 3.63) is 30.1 Å². The fourth-order valence-corrected chi connectivity index (χ4v) is 1.95. The van der Waals surface area contributed by atoms with Gasteiger partial charge < -0.3 is 15.0 Å². The van der Waals surface area contributed by atoms with Crippen LogP contribution in [-0.2, 0) is 11.3 Å². The molecule has 2 heterocycles. The first kappa shape index (κ1) is 12.8. The summed E-state index contributed by atoms with van der Waals surface area (Å²) in [5, 5.41) is 3.00. The first-order valence-corrected chi connectivity index (χ1v) is 6.31. The van der Waals surface area contributed by atoms with Crippen molar-refractivity contribution in [3.63, 3.8) is 0 Å². The zero-order valence-corrected chi connectivity index (χ0v) is 10.6. The Labute approximate surface area is 107 Å². The molecule has 0 saturated carbocycles. The van der Waals surface area contributed by atoms with E-state index < -0.39 is 0 Å². The fourth-order valence-electron chi connectivity index (χ4n) is 1.95. The normalized spacial score (nSPS) is 18.6. The maximum atomic E-state index is 12.1. The van der Waals surface area contributed by atoms with Crippen LogP contribution in [0.5, 0.6) is 0 Å². The number of pyridine rings is 1. The Morgan fingerprint density at radius 3 is 2.94 bits per heavy atom. The van der Waals surface area contributed by atoms with Crippen LogP contribution in [0.1, 0.15) is 18.9 Å². The van der Waals surface area contributed by atoms with Gasteiger partial charge in [-0.25, -0.2) is 4.79 Å². The summed E-state index contributed by atoms with van der Waals surface area (Å²) in [6.07, 6.45) is 4.39. The van der Waals surface area contributed by atoms with E-state index in [0.717, 1.165) is 18.6 Å². The third-order valence-electron chi connectivity index (χ3n) is 3.05. The second-order valence-corrected chi connectivity index (χ2v) is 4.38. The number of urea groups is 1. The second kappa shape index (κ2) is 6.35. The van der Waals surface area contributed by atoms with Gasteiger partial charge in [0.05, 0.1) is 12.6 Å². The Balaban J connectivity index is 1.89. The van der Waals surface area contributed by atoms with Crippen molar-refractivity contribution in [2.75, 3.05) is 19.8 Å². The number of amides is 2. The highest BCUT2D eigenvalue weighted by atomic mass is 16.5. The standard InChI is InChI=1S/C13H19N3O2/c1-2-16(9-11-3-6-14-7-4-11)13(17)15-12-5-8-18-10-12/h3-4,6-7,12H,2,5,8-10H2,1H3,(H,15,17). The summed E-state index contributed by atoms with van der Waals surface area (Å²) in [4.78, 5) is 17.8. The molecule has 1 N–H and O–H groups in total. The van der Waals surface area contributed by atoms with Crippen molar-refractivity contribution in [2.45, 2.75) is 25.9 Å². The van der Waals surface area contributed by atoms with Crippen LogP contribution in [0.15, 0.2) is 24.5 Å². The number of aromatic nitrogens is 1. The molecule has 2 rings (SSSR count). The predicted molar refractivity (Wildman–Crippen MR) is 68.1 cm³/mol. The number of nitrogens with one attached hydrogen (secondary N) is 1. The van der Waals surface area contributed by atoms with Crippen molar-refractivity contribution in [1.29, 1.82) is 0 Å². The van der Waals surface area contributed by atoms with Gasteiger partial charge in [-0.15, -0.1) is 0 Å². The number of ether oxygens (including phenoxy) is 1. The lowest BCUT2D eigenvalue weighted by molar-refractivity contribution is 0.178. The molecule has 0 radical (unpaired) electrons. The van der Waals surface area contributed by atoms with E-state index in [1.165, 1.54) is 0 Å². The molecule has 1 atom stereocenters. The Hall–Kier alpha value is -1.62. The molecule has 1 aromatic heterocycles. The molecular weight excluding hydrogens is 230 g/mol. The van der Waals surface area contributed by atoms with Gasteiger partial charge in [-0.1, -0.05) is 0 Å². The molecular formula is C13H19N3O2. The largest absolute Gasteiger partial charge is 0.379 e. The van der Waals surface area contributed by atoms with Crippen LogP contribution in [0.25, 0.3) is 0 Å². The third-order valence-corrected chi connectivity index (χ3v) is 3.05. The number of hydrogen-bond acceptors (Lipinski definition) is 3. The Morgan fingerprint density at radius 2 is 2.33 bits per heavy atom. The van der Waals surface area contributed by atoms with Crippen LogP contribution in [-0.4, -0.2) is 41.7 Å². The smallest absolute Gasteiger partial charge is 0.317 e. The minimum absolute atomic E-state index is 0.0233. The Kier molecular flexibility index (Phi) is 4.52. The first-order valence-electron chi connectivity index (χ1n) is 6.31. The van der Waals surface area contributed by atoms with E-state index in [9.17, 15) is 4.79 Å². The molecule has 1 aromatic rings.